The first-order valence-corrected chi connectivity index (χ1v) is 9.22. The van der Waals surface area contributed by atoms with Gasteiger partial charge >= 0.3 is 0 Å². The number of carbonyl (C=O) groups is 2. The van der Waals surface area contributed by atoms with Crippen molar-refractivity contribution in [3.63, 3.8) is 0 Å². The van der Waals surface area contributed by atoms with Crippen molar-refractivity contribution in [2.45, 2.75) is 19.8 Å². The van der Waals surface area contributed by atoms with E-state index in [9.17, 15) is 9.59 Å². The number of anilines is 2. The maximum absolute atomic E-state index is 12.4. The number of amides is 2. The standard InChI is InChI=1S/C22H25N3O2/c1-16-5-4-6-17(15-16)9-10-21(26)24-19-7-2-3-8-20(19)25-13-11-18(12-14-25)22(23)27/h2-10,15,18H,11-14H2,1H3,(H2,23,27)(H,24,26)/b10-9+. The number of piperidine rings is 1. The van der Waals surface area contributed by atoms with Gasteiger partial charge in [-0.2, -0.15) is 0 Å². The monoisotopic (exact) mass is 363 g/mol. The summed E-state index contributed by atoms with van der Waals surface area (Å²) >= 11 is 0. The lowest BCUT2D eigenvalue weighted by Crippen LogP contribution is -2.38. The molecule has 2 aromatic rings. The van der Waals surface area contributed by atoms with Crippen LogP contribution in [0.25, 0.3) is 6.08 Å². The van der Waals surface area contributed by atoms with Gasteiger partial charge in [0, 0.05) is 25.1 Å². The number of rotatable bonds is 5. The van der Waals surface area contributed by atoms with E-state index in [1.807, 2.05) is 61.5 Å². The molecule has 0 aromatic heterocycles. The number of aryl methyl sites for hydroxylation is 1. The van der Waals surface area contributed by atoms with Crippen LogP contribution in [-0.2, 0) is 9.59 Å². The molecule has 3 rings (SSSR count). The zero-order valence-electron chi connectivity index (χ0n) is 15.5. The minimum absolute atomic E-state index is 0.0553. The molecule has 5 heteroatoms. The number of para-hydroxylation sites is 2. The smallest absolute Gasteiger partial charge is 0.248 e. The summed E-state index contributed by atoms with van der Waals surface area (Å²) in [4.78, 5) is 25.9. The zero-order valence-corrected chi connectivity index (χ0v) is 15.5. The van der Waals surface area contributed by atoms with Gasteiger partial charge in [-0.05, 0) is 43.5 Å². The van der Waals surface area contributed by atoms with Crippen LogP contribution in [0.5, 0.6) is 0 Å². The predicted octanol–water partition coefficient (Wildman–Crippen LogP) is 3.35. The Balaban J connectivity index is 1.67. The molecule has 1 saturated heterocycles. The van der Waals surface area contributed by atoms with Crippen LogP contribution in [0.4, 0.5) is 11.4 Å². The molecule has 0 unspecified atom stereocenters. The number of benzene rings is 2. The second-order valence-corrected chi connectivity index (χ2v) is 6.92. The Hall–Kier alpha value is -3.08. The SMILES string of the molecule is Cc1cccc(/C=C/C(=O)Nc2ccccc2N2CCC(C(N)=O)CC2)c1. The van der Waals surface area contributed by atoms with Gasteiger partial charge in [-0.15, -0.1) is 0 Å². The van der Waals surface area contributed by atoms with E-state index in [2.05, 4.69) is 10.2 Å². The van der Waals surface area contributed by atoms with E-state index < -0.39 is 0 Å². The number of hydrogen-bond donors (Lipinski definition) is 2. The van der Waals surface area contributed by atoms with Crippen molar-refractivity contribution in [3.8, 4) is 0 Å². The van der Waals surface area contributed by atoms with E-state index in [0.29, 0.717) is 0 Å². The minimum Gasteiger partial charge on any atom is -0.370 e. The quantitative estimate of drug-likeness (QED) is 0.800. The summed E-state index contributed by atoms with van der Waals surface area (Å²) in [5.74, 6) is -0.450. The van der Waals surface area contributed by atoms with Crippen LogP contribution in [0.1, 0.15) is 24.0 Å². The Kier molecular flexibility index (Phi) is 5.91. The Morgan fingerprint density at radius 2 is 1.85 bits per heavy atom. The van der Waals surface area contributed by atoms with Crippen molar-refractivity contribution in [2.24, 2.45) is 11.7 Å². The van der Waals surface area contributed by atoms with E-state index in [0.717, 1.165) is 48.4 Å². The maximum Gasteiger partial charge on any atom is 0.248 e. The third-order valence-corrected chi connectivity index (χ3v) is 4.87. The summed E-state index contributed by atoms with van der Waals surface area (Å²) < 4.78 is 0. The van der Waals surface area contributed by atoms with Crippen molar-refractivity contribution >= 4 is 29.3 Å². The van der Waals surface area contributed by atoms with Crippen LogP contribution in [0.3, 0.4) is 0 Å². The molecule has 0 aliphatic carbocycles. The molecule has 3 N–H and O–H groups in total. The topological polar surface area (TPSA) is 75.4 Å². The summed E-state index contributed by atoms with van der Waals surface area (Å²) in [6, 6.07) is 15.7. The minimum atomic E-state index is -0.225. The van der Waals surface area contributed by atoms with Gasteiger partial charge in [-0.25, -0.2) is 0 Å². The molecule has 1 aliphatic heterocycles. The largest absolute Gasteiger partial charge is 0.370 e. The summed E-state index contributed by atoms with van der Waals surface area (Å²) in [6.07, 6.45) is 4.84. The molecule has 1 fully saturated rings. The number of nitrogens with two attached hydrogens (primary N) is 1. The first-order valence-electron chi connectivity index (χ1n) is 9.22. The normalized spacial score (nSPS) is 15.1. The Labute approximate surface area is 159 Å². The van der Waals surface area contributed by atoms with Gasteiger partial charge in [0.15, 0.2) is 0 Å². The highest BCUT2D eigenvalue weighted by molar-refractivity contribution is 6.03. The van der Waals surface area contributed by atoms with E-state index in [-0.39, 0.29) is 17.7 Å². The lowest BCUT2D eigenvalue weighted by molar-refractivity contribution is -0.122. The zero-order chi connectivity index (χ0) is 19.2. The van der Waals surface area contributed by atoms with Gasteiger partial charge in [0.05, 0.1) is 11.4 Å². The molecular formula is C22H25N3O2. The summed E-state index contributed by atoms with van der Waals surface area (Å²) in [5, 5.41) is 2.97. The molecule has 140 valence electrons. The molecule has 1 aliphatic rings. The Bertz CT molecular complexity index is 852. The predicted molar refractivity (Wildman–Crippen MR) is 109 cm³/mol. The second-order valence-electron chi connectivity index (χ2n) is 6.92. The summed E-state index contributed by atoms with van der Waals surface area (Å²) in [6.45, 7) is 3.52. The third kappa shape index (κ3) is 4.97. The summed E-state index contributed by atoms with van der Waals surface area (Å²) in [7, 11) is 0. The first-order chi connectivity index (χ1) is 13.0. The van der Waals surface area contributed by atoms with Crippen molar-refractivity contribution in [2.75, 3.05) is 23.3 Å². The van der Waals surface area contributed by atoms with Gasteiger partial charge in [-0.3, -0.25) is 9.59 Å². The number of nitrogens with zero attached hydrogens (tertiary/aromatic N) is 1. The molecule has 0 radical (unpaired) electrons. The van der Waals surface area contributed by atoms with E-state index in [1.165, 1.54) is 0 Å². The van der Waals surface area contributed by atoms with E-state index >= 15 is 0 Å². The number of carbonyl (C=O) groups excluding carboxylic acids is 2. The highest BCUT2D eigenvalue weighted by Gasteiger charge is 2.24. The first kappa shape index (κ1) is 18.7. The number of hydrogen-bond acceptors (Lipinski definition) is 3. The highest BCUT2D eigenvalue weighted by Crippen LogP contribution is 2.29. The number of primary amides is 1. The molecule has 0 saturated carbocycles. The fourth-order valence-corrected chi connectivity index (χ4v) is 3.38. The Morgan fingerprint density at radius 1 is 1.11 bits per heavy atom. The van der Waals surface area contributed by atoms with Crippen molar-refractivity contribution < 1.29 is 9.59 Å². The number of nitrogens with one attached hydrogen (secondary N) is 1. The Morgan fingerprint density at radius 3 is 2.56 bits per heavy atom. The fourth-order valence-electron chi connectivity index (χ4n) is 3.38. The molecule has 0 atom stereocenters. The molecule has 0 spiro atoms. The lowest BCUT2D eigenvalue weighted by Gasteiger charge is -2.33. The van der Waals surface area contributed by atoms with Crippen molar-refractivity contribution in [1.82, 2.24) is 0 Å². The third-order valence-electron chi connectivity index (χ3n) is 4.87. The van der Waals surface area contributed by atoms with Crippen LogP contribution in [0, 0.1) is 12.8 Å². The second kappa shape index (κ2) is 8.54. The molecule has 1 heterocycles. The molecular weight excluding hydrogens is 338 g/mol. The van der Waals surface area contributed by atoms with Gasteiger partial charge in [-0.1, -0.05) is 42.0 Å². The molecule has 27 heavy (non-hydrogen) atoms. The highest BCUT2D eigenvalue weighted by atomic mass is 16.1. The van der Waals surface area contributed by atoms with Gasteiger partial charge in [0.25, 0.3) is 0 Å². The molecule has 2 amide bonds. The van der Waals surface area contributed by atoms with Crippen LogP contribution in [-0.4, -0.2) is 24.9 Å². The van der Waals surface area contributed by atoms with E-state index in [1.54, 1.807) is 6.08 Å². The maximum atomic E-state index is 12.4. The fraction of sp³-hybridized carbons (Fsp3) is 0.273. The van der Waals surface area contributed by atoms with Gasteiger partial charge < -0.3 is 16.0 Å². The van der Waals surface area contributed by atoms with Gasteiger partial charge in [0.2, 0.25) is 11.8 Å². The van der Waals surface area contributed by atoms with Crippen LogP contribution in [0.2, 0.25) is 0 Å². The molecule has 0 bridgehead atoms. The van der Waals surface area contributed by atoms with E-state index in [4.69, 9.17) is 5.73 Å². The average molecular weight is 363 g/mol. The van der Waals surface area contributed by atoms with Gasteiger partial charge in [0.1, 0.15) is 0 Å². The van der Waals surface area contributed by atoms with Crippen molar-refractivity contribution in [1.29, 1.82) is 0 Å². The average Bonchev–Trinajstić information content (AvgIpc) is 2.67. The summed E-state index contributed by atoms with van der Waals surface area (Å²) in [5.41, 5.74) is 9.31. The molecule has 2 aromatic carbocycles. The van der Waals surface area contributed by atoms with Crippen LogP contribution >= 0.6 is 0 Å². The molecule has 5 nitrogen and oxygen atoms in total. The van der Waals surface area contributed by atoms with Crippen LogP contribution < -0.4 is 16.0 Å². The lowest BCUT2D eigenvalue weighted by atomic mass is 9.96. The van der Waals surface area contributed by atoms with Crippen LogP contribution in [0.15, 0.2) is 54.6 Å². The van der Waals surface area contributed by atoms with Crippen molar-refractivity contribution in [3.05, 3.63) is 65.7 Å².